The standard InChI is InChI=1S/C13H20N2O4S2.ClH/c1-19-13(16)12-11(6-7-20-12)21(17,18)15-10(8-14)9-4-2-3-5-9;/h6-7,9-10,15H,2-5,8,14H2,1H3;1H. The molecular formula is C13H21ClN2O4S2. The fraction of sp³-hybridized carbons (Fsp3) is 0.615. The molecule has 126 valence electrons. The number of nitrogens with two attached hydrogens (primary N) is 1. The van der Waals surface area contributed by atoms with E-state index in [-0.39, 0.29) is 40.7 Å². The van der Waals surface area contributed by atoms with Crippen LogP contribution in [0.1, 0.15) is 35.4 Å². The van der Waals surface area contributed by atoms with Crippen LogP contribution < -0.4 is 10.5 Å². The molecule has 1 saturated carbocycles. The van der Waals surface area contributed by atoms with E-state index in [4.69, 9.17) is 5.73 Å². The van der Waals surface area contributed by atoms with Crippen molar-refractivity contribution in [2.24, 2.45) is 11.7 Å². The van der Waals surface area contributed by atoms with E-state index < -0.39 is 16.0 Å². The highest BCUT2D eigenvalue weighted by molar-refractivity contribution is 7.89. The number of esters is 1. The number of sulfonamides is 1. The maximum atomic E-state index is 12.5. The van der Waals surface area contributed by atoms with Crippen molar-refractivity contribution in [3.8, 4) is 0 Å². The lowest BCUT2D eigenvalue weighted by atomic mass is 9.99. The molecule has 6 nitrogen and oxygen atoms in total. The van der Waals surface area contributed by atoms with E-state index in [1.54, 1.807) is 5.38 Å². The Hall–Kier alpha value is -0.670. The molecule has 0 bridgehead atoms. The predicted octanol–water partition coefficient (Wildman–Crippen LogP) is 1.75. The Kier molecular flexibility index (Phi) is 7.27. The van der Waals surface area contributed by atoms with Crippen LogP contribution in [0, 0.1) is 5.92 Å². The maximum Gasteiger partial charge on any atom is 0.349 e. The molecule has 1 aliphatic carbocycles. The van der Waals surface area contributed by atoms with E-state index >= 15 is 0 Å². The molecule has 3 N–H and O–H groups in total. The van der Waals surface area contributed by atoms with Crippen molar-refractivity contribution in [1.82, 2.24) is 4.72 Å². The summed E-state index contributed by atoms with van der Waals surface area (Å²) in [5.41, 5.74) is 5.72. The minimum atomic E-state index is -3.77. The number of carbonyl (C=O) groups is 1. The average Bonchev–Trinajstić information content (AvgIpc) is 3.14. The van der Waals surface area contributed by atoms with Crippen LogP contribution in [0.2, 0.25) is 0 Å². The Morgan fingerprint density at radius 1 is 1.50 bits per heavy atom. The number of rotatable bonds is 6. The van der Waals surface area contributed by atoms with Crippen LogP contribution in [-0.2, 0) is 14.8 Å². The van der Waals surface area contributed by atoms with E-state index in [9.17, 15) is 13.2 Å². The molecule has 2 rings (SSSR count). The van der Waals surface area contributed by atoms with Crippen LogP contribution in [-0.4, -0.2) is 34.1 Å². The lowest BCUT2D eigenvalue weighted by molar-refractivity contribution is 0.0602. The molecule has 1 atom stereocenters. The van der Waals surface area contributed by atoms with Gasteiger partial charge in [-0.2, -0.15) is 0 Å². The molecule has 1 heterocycles. The van der Waals surface area contributed by atoms with Gasteiger partial charge in [0.1, 0.15) is 9.77 Å². The van der Waals surface area contributed by atoms with Crippen molar-refractivity contribution >= 4 is 39.7 Å². The summed E-state index contributed by atoms with van der Waals surface area (Å²) in [7, 11) is -2.54. The maximum absolute atomic E-state index is 12.5. The number of hydrogen-bond acceptors (Lipinski definition) is 6. The molecule has 1 fully saturated rings. The molecule has 1 unspecified atom stereocenters. The van der Waals surface area contributed by atoms with E-state index in [2.05, 4.69) is 9.46 Å². The van der Waals surface area contributed by atoms with Crippen molar-refractivity contribution in [1.29, 1.82) is 0 Å². The number of halogens is 1. The van der Waals surface area contributed by atoms with Crippen LogP contribution in [0.25, 0.3) is 0 Å². The van der Waals surface area contributed by atoms with Gasteiger partial charge in [0.15, 0.2) is 0 Å². The molecule has 9 heteroatoms. The van der Waals surface area contributed by atoms with E-state index in [1.807, 2.05) is 0 Å². The Morgan fingerprint density at radius 3 is 2.68 bits per heavy atom. The smallest absolute Gasteiger partial charge is 0.349 e. The van der Waals surface area contributed by atoms with Gasteiger partial charge in [0.05, 0.1) is 7.11 Å². The van der Waals surface area contributed by atoms with Crippen LogP contribution in [0.3, 0.4) is 0 Å². The third-order valence-corrected chi connectivity index (χ3v) is 6.37. The molecule has 0 spiro atoms. The summed E-state index contributed by atoms with van der Waals surface area (Å²) in [5.74, 6) is -0.375. The summed E-state index contributed by atoms with van der Waals surface area (Å²) in [6, 6.07) is 1.13. The highest BCUT2D eigenvalue weighted by Crippen LogP contribution is 2.29. The summed E-state index contributed by atoms with van der Waals surface area (Å²) in [4.78, 5) is 11.7. The lowest BCUT2D eigenvalue weighted by Crippen LogP contribution is -2.44. The first-order chi connectivity index (χ1) is 9.99. The molecule has 0 amide bonds. The molecule has 1 aromatic heterocycles. The summed E-state index contributed by atoms with van der Waals surface area (Å²) in [5, 5.41) is 1.56. The Balaban J connectivity index is 0.00000242. The fourth-order valence-corrected chi connectivity index (χ4v) is 5.36. The monoisotopic (exact) mass is 368 g/mol. The van der Waals surface area contributed by atoms with Gasteiger partial charge in [-0.05, 0) is 30.2 Å². The predicted molar refractivity (Wildman–Crippen MR) is 88.0 cm³/mol. The van der Waals surface area contributed by atoms with Crippen molar-refractivity contribution in [2.45, 2.75) is 36.6 Å². The summed E-state index contributed by atoms with van der Waals surface area (Å²) in [6.45, 7) is 0.252. The lowest BCUT2D eigenvalue weighted by Gasteiger charge is -2.22. The van der Waals surface area contributed by atoms with Gasteiger partial charge in [0.25, 0.3) is 0 Å². The molecule has 0 saturated heterocycles. The van der Waals surface area contributed by atoms with Gasteiger partial charge >= 0.3 is 5.97 Å². The second-order valence-corrected chi connectivity index (χ2v) is 7.71. The fourth-order valence-electron chi connectivity index (χ4n) is 2.71. The van der Waals surface area contributed by atoms with Crippen LogP contribution in [0.5, 0.6) is 0 Å². The Labute approximate surface area is 140 Å². The molecule has 1 aromatic rings. The van der Waals surface area contributed by atoms with Crippen LogP contribution >= 0.6 is 23.7 Å². The van der Waals surface area contributed by atoms with Gasteiger partial charge in [-0.15, -0.1) is 23.7 Å². The van der Waals surface area contributed by atoms with Crippen molar-refractivity contribution in [3.63, 3.8) is 0 Å². The summed E-state index contributed by atoms with van der Waals surface area (Å²) in [6.07, 6.45) is 4.18. The minimum absolute atomic E-state index is 0. The third kappa shape index (κ3) is 4.20. The number of carbonyl (C=O) groups excluding carboxylic acids is 1. The van der Waals surface area contributed by atoms with Gasteiger partial charge in [0.2, 0.25) is 10.0 Å². The molecule has 22 heavy (non-hydrogen) atoms. The van der Waals surface area contributed by atoms with Gasteiger partial charge in [-0.25, -0.2) is 17.9 Å². The van der Waals surface area contributed by atoms with Gasteiger partial charge in [-0.1, -0.05) is 12.8 Å². The van der Waals surface area contributed by atoms with Crippen LogP contribution in [0.15, 0.2) is 16.3 Å². The minimum Gasteiger partial charge on any atom is -0.465 e. The normalized spacial score (nSPS) is 17.0. The first-order valence-electron chi connectivity index (χ1n) is 6.87. The van der Waals surface area contributed by atoms with Crippen molar-refractivity contribution in [3.05, 3.63) is 16.3 Å². The first-order valence-corrected chi connectivity index (χ1v) is 9.24. The van der Waals surface area contributed by atoms with Gasteiger partial charge in [0, 0.05) is 12.6 Å². The topological polar surface area (TPSA) is 98.5 Å². The SMILES string of the molecule is COC(=O)c1sccc1S(=O)(=O)NC(CN)C1CCCC1.Cl. The van der Waals surface area contributed by atoms with E-state index in [1.165, 1.54) is 13.2 Å². The highest BCUT2D eigenvalue weighted by atomic mass is 35.5. The quantitative estimate of drug-likeness (QED) is 0.745. The molecular weight excluding hydrogens is 348 g/mol. The van der Waals surface area contributed by atoms with Gasteiger partial charge in [-0.3, -0.25) is 0 Å². The van der Waals surface area contributed by atoms with Crippen molar-refractivity contribution < 1.29 is 17.9 Å². The largest absolute Gasteiger partial charge is 0.465 e. The number of thiophene rings is 1. The molecule has 0 radical (unpaired) electrons. The Morgan fingerprint density at radius 2 is 2.14 bits per heavy atom. The van der Waals surface area contributed by atoms with E-state index in [0.29, 0.717) is 0 Å². The van der Waals surface area contributed by atoms with Gasteiger partial charge < -0.3 is 10.5 Å². The second-order valence-electron chi connectivity index (χ2n) is 5.11. The average molecular weight is 369 g/mol. The zero-order valence-corrected chi connectivity index (χ0v) is 14.7. The molecule has 0 aromatic carbocycles. The second kappa shape index (κ2) is 8.26. The number of ether oxygens (including phenoxy) is 1. The summed E-state index contributed by atoms with van der Waals surface area (Å²) >= 11 is 1.05. The third-order valence-electron chi connectivity index (χ3n) is 3.82. The van der Waals surface area contributed by atoms with E-state index in [0.717, 1.165) is 37.0 Å². The molecule has 1 aliphatic rings. The number of hydrogen-bond donors (Lipinski definition) is 2. The van der Waals surface area contributed by atoms with Crippen molar-refractivity contribution in [2.75, 3.05) is 13.7 Å². The Bertz CT molecular complexity index is 597. The zero-order valence-electron chi connectivity index (χ0n) is 12.3. The highest BCUT2D eigenvalue weighted by Gasteiger charge is 2.31. The number of nitrogens with one attached hydrogen (secondary N) is 1. The zero-order chi connectivity index (χ0) is 15.5. The molecule has 0 aliphatic heterocycles. The summed E-state index contributed by atoms with van der Waals surface area (Å²) < 4.78 is 32.3. The number of methoxy groups -OCH3 is 1. The van der Waals surface area contributed by atoms with Crippen LogP contribution in [0.4, 0.5) is 0 Å². The first kappa shape index (κ1) is 19.4.